The van der Waals surface area contributed by atoms with Crippen LogP contribution in [0, 0.1) is 22.9 Å². The van der Waals surface area contributed by atoms with E-state index in [2.05, 4.69) is 62.2 Å². The van der Waals surface area contributed by atoms with Crippen LogP contribution in [0.4, 0.5) is 0 Å². The largest absolute Gasteiger partial charge is 0.297 e. The van der Waals surface area contributed by atoms with Gasteiger partial charge in [0.1, 0.15) is 16.1 Å². The average molecular weight is 415 g/mol. The van der Waals surface area contributed by atoms with Crippen molar-refractivity contribution in [3.63, 3.8) is 0 Å². The molecule has 0 saturated heterocycles. The first-order valence-electron chi connectivity index (χ1n) is 8.27. The Kier molecular flexibility index (Phi) is 6.26. The molecular weight excluding hydrogens is 393 g/mol. The number of thiophene rings is 2. The van der Waals surface area contributed by atoms with Crippen LogP contribution in [0.1, 0.15) is 30.5 Å². The molecule has 0 fully saturated rings. The van der Waals surface area contributed by atoms with Crippen molar-refractivity contribution in [2.45, 2.75) is 39.3 Å². The zero-order valence-electron chi connectivity index (χ0n) is 15.9. The molecule has 0 bridgehead atoms. The fourth-order valence-corrected chi connectivity index (χ4v) is 5.00. The molecule has 2 aromatic rings. The van der Waals surface area contributed by atoms with Crippen molar-refractivity contribution >= 4 is 51.4 Å². The molecule has 0 amide bonds. The Labute approximate surface area is 165 Å². The van der Waals surface area contributed by atoms with E-state index in [-0.39, 0.29) is 0 Å². The topological polar surface area (TPSA) is 34.1 Å². The van der Waals surface area contributed by atoms with Crippen LogP contribution in [0.3, 0.4) is 0 Å². The molecular formula is C20H22O2S2Si2. The molecule has 0 aliphatic carbocycles. The molecule has 0 aliphatic rings. The summed E-state index contributed by atoms with van der Waals surface area (Å²) in [6.45, 7) is 13.1. The van der Waals surface area contributed by atoms with Gasteiger partial charge in [-0.2, -0.15) is 0 Å². The summed E-state index contributed by atoms with van der Waals surface area (Å²) in [5.41, 5.74) is 8.45. The molecule has 0 aliphatic heterocycles. The van der Waals surface area contributed by atoms with E-state index >= 15 is 0 Å². The predicted molar refractivity (Wildman–Crippen MR) is 119 cm³/mol. The molecule has 0 unspecified atom stereocenters. The molecule has 6 heteroatoms. The second-order valence-corrected chi connectivity index (χ2v) is 19.7. The summed E-state index contributed by atoms with van der Waals surface area (Å²) < 4.78 is 0. The number of carbonyl (C=O) groups is 2. The molecule has 0 spiro atoms. The highest BCUT2D eigenvalue weighted by atomic mass is 32.1. The van der Waals surface area contributed by atoms with Crippen LogP contribution in [-0.2, 0) is 0 Å². The minimum absolute atomic E-state index is 0.644. The van der Waals surface area contributed by atoms with Gasteiger partial charge in [0.15, 0.2) is 12.6 Å². The second kappa shape index (κ2) is 7.89. The summed E-state index contributed by atoms with van der Waals surface area (Å²) in [7, 11) is -3.08. The Bertz CT molecular complexity index is 882. The Morgan fingerprint density at radius 3 is 1.35 bits per heavy atom. The minimum Gasteiger partial charge on any atom is -0.297 e. The third-order valence-corrected chi connectivity index (χ3v) is 7.12. The van der Waals surface area contributed by atoms with E-state index in [0.717, 1.165) is 33.5 Å². The maximum atomic E-state index is 11.3. The Hall–Kier alpha value is -1.71. The first-order chi connectivity index (χ1) is 12.0. The molecule has 2 nitrogen and oxygen atoms in total. The Morgan fingerprint density at radius 2 is 1.08 bits per heavy atom. The molecule has 26 heavy (non-hydrogen) atoms. The van der Waals surface area contributed by atoms with Crippen LogP contribution < -0.4 is 0 Å². The zero-order chi connectivity index (χ0) is 19.5. The molecule has 0 N–H and O–H groups in total. The Morgan fingerprint density at radius 1 is 0.731 bits per heavy atom. The highest BCUT2D eigenvalue weighted by Gasteiger charge is 2.18. The number of aldehydes is 2. The van der Waals surface area contributed by atoms with E-state index in [0.29, 0.717) is 9.75 Å². The van der Waals surface area contributed by atoms with Gasteiger partial charge in [-0.05, 0) is 12.1 Å². The van der Waals surface area contributed by atoms with Crippen molar-refractivity contribution < 1.29 is 9.59 Å². The van der Waals surface area contributed by atoms with Crippen LogP contribution in [0.2, 0.25) is 39.3 Å². The summed E-state index contributed by atoms with van der Waals surface area (Å²) in [5, 5.41) is 0. The van der Waals surface area contributed by atoms with Gasteiger partial charge in [-0.1, -0.05) is 51.1 Å². The molecule has 0 radical (unpaired) electrons. The number of hydrogen-bond acceptors (Lipinski definition) is 4. The first-order valence-corrected chi connectivity index (χ1v) is 16.9. The van der Waals surface area contributed by atoms with Crippen LogP contribution in [0.15, 0.2) is 12.1 Å². The molecule has 0 atom stereocenters. The highest BCUT2D eigenvalue weighted by molar-refractivity contribution is 7.24. The molecule has 2 rings (SSSR count). The van der Waals surface area contributed by atoms with Gasteiger partial charge in [0.2, 0.25) is 0 Å². The van der Waals surface area contributed by atoms with Gasteiger partial charge in [-0.3, -0.25) is 9.59 Å². The lowest BCUT2D eigenvalue weighted by Crippen LogP contribution is -2.16. The molecule has 134 valence electrons. The molecule has 2 heterocycles. The number of rotatable bonds is 3. The minimum atomic E-state index is -1.54. The monoisotopic (exact) mass is 414 g/mol. The van der Waals surface area contributed by atoms with Gasteiger partial charge < -0.3 is 0 Å². The van der Waals surface area contributed by atoms with Crippen LogP contribution in [-0.4, -0.2) is 28.7 Å². The maximum Gasteiger partial charge on any atom is 0.160 e. The van der Waals surface area contributed by atoms with Gasteiger partial charge in [0, 0.05) is 11.1 Å². The third kappa shape index (κ3) is 5.65. The van der Waals surface area contributed by atoms with Crippen molar-refractivity contribution in [2.24, 2.45) is 0 Å². The SMILES string of the molecule is C[Si](C)(C)C#Cc1cc(C=O)sc1-c1sc(C=O)cc1C#C[Si](C)(C)C. The van der Waals surface area contributed by atoms with Gasteiger partial charge in [0.05, 0.1) is 19.5 Å². The average Bonchev–Trinajstić information content (AvgIpc) is 3.12. The van der Waals surface area contributed by atoms with E-state index in [1.165, 1.54) is 22.7 Å². The van der Waals surface area contributed by atoms with Gasteiger partial charge in [0.25, 0.3) is 0 Å². The summed E-state index contributed by atoms with van der Waals surface area (Å²) >= 11 is 2.83. The van der Waals surface area contributed by atoms with E-state index in [1.54, 1.807) is 0 Å². The molecule has 0 aromatic carbocycles. The zero-order valence-corrected chi connectivity index (χ0v) is 19.6. The third-order valence-electron chi connectivity index (χ3n) is 3.09. The van der Waals surface area contributed by atoms with E-state index < -0.39 is 16.1 Å². The quantitative estimate of drug-likeness (QED) is 0.374. The van der Waals surface area contributed by atoms with Gasteiger partial charge in [-0.25, -0.2) is 0 Å². The normalized spacial score (nSPS) is 11.2. The fraction of sp³-hybridized carbons (Fsp3) is 0.300. The van der Waals surface area contributed by atoms with E-state index in [9.17, 15) is 9.59 Å². The van der Waals surface area contributed by atoms with Crippen LogP contribution >= 0.6 is 22.7 Å². The standard InChI is InChI=1S/C20H22O2S2Si2/c1-25(2,3)9-7-15-11-17(13-21)23-19(15)20-16(8-10-26(4,5)6)12-18(14-22)24-20/h11-14H,1-6H3. The number of hydrogen-bond donors (Lipinski definition) is 0. The lowest BCUT2D eigenvalue weighted by Gasteiger charge is -2.04. The summed E-state index contributed by atoms with van der Waals surface area (Å²) in [6, 6.07) is 3.69. The lowest BCUT2D eigenvalue weighted by atomic mass is 10.1. The molecule has 2 aromatic heterocycles. The van der Waals surface area contributed by atoms with Gasteiger partial charge in [-0.15, -0.1) is 33.8 Å². The first kappa shape index (κ1) is 20.6. The predicted octanol–water partition coefficient (Wildman–Crippen LogP) is 5.56. The summed E-state index contributed by atoms with van der Waals surface area (Å²) in [4.78, 5) is 25.8. The van der Waals surface area contributed by atoms with Crippen molar-refractivity contribution in [3.8, 4) is 32.7 Å². The van der Waals surface area contributed by atoms with Crippen molar-refractivity contribution in [1.82, 2.24) is 0 Å². The highest BCUT2D eigenvalue weighted by Crippen LogP contribution is 2.39. The van der Waals surface area contributed by atoms with Crippen molar-refractivity contribution in [1.29, 1.82) is 0 Å². The Balaban J connectivity index is 2.67. The van der Waals surface area contributed by atoms with Crippen LogP contribution in [0.25, 0.3) is 9.75 Å². The van der Waals surface area contributed by atoms with Crippen molar-refractivity contribution in [3.05, 3.63) is 33.0 Å². The summed E-state index contributed by atoms with van der Waals surface area (Å²) in [6.07, 6.45) is 1.71. The second-order valence-electron chi connectivity index (χ2n) is 8.02. The molecule has 0 saturated carbocycles. The van der Waals surface area contributed by atoms with E-state index in [1.807, 2.05) is 12.1 Å². The lowest BCUT2D eigenvalue weighted by molar-refractivity contribution is 0.111. The summed E-state index contributed by atoms with van der Waals surface area (Å²) in [5.74, 6) is 6.55. The van der Waals surface area contributed by atoms with E-state index in [4.69, 9.17) is 0 Å². The smallest absolute Gasteiger partial charge is 0.160 e. The number of carbonyl (C=O) groups excluding carboxylic acids is 2. The van der Waals surface area contributed by atoms with Gasteiger partial charge >= 0.3 is 0 Å². The maximum absolute atomic E-state index is 11.3. The fourth-order valence-electron chi connectivity index (χ4n) is 1.97. The van der Waals surface area contributed by atoms with Crippen molar-refractivity contribution in [2.75, 3.05) is 0 Å². The van der Waals surface area contributed by atoms with Crippen LogP contribution in [0.5, 0.6) is 0 Å².